The first-order chi connectivity index (χ1) is 15.0. The molecule has 0 radical (unpaired) electrons. The maximum atomic E-state index is 11.0. The molecular weight excluding hydrogens is 446 g/mol. The van der Waals surface area contributed by atoms with Gasteiger partial charge in [0.25, 0.3) is 15.2 Å². The quantitative estimate of drug-likeness (QED) is 0.424. The predicted molar refractivity (Wildman–Crippen MR) is 130 cm³/mol. The SMILES string of the molecule is Cc1cc(N(C)C)nc(S(N)(=O)=O)n1.Cc1cc(N(C)C)nc(SCc2ccccc2)n1. The van der Waals surface area contributed by atoms with Gasteiger partial charge in [0, 0.05) is 57.5 Å². The van der Waals surface area contributed by atoms with Crippen molar-refractivity contribution in [2.24, 2.45) is 5.14 Å². The molecule has 172 valence electrons. The molecule has 0 atom stereocenters. The van der Waals surface area contributed by atoms with Crippen molar-refractivity contribution in [1.82, 2.24) is 19.9 Å². The molecule has 2 aromatic heterocycles. The molecule has 0 aliphatic rings. The summed E-state index contributed by atoms with van der Waals surface area (Å²) in [6, 6.07) is 14.0. The van der Waals surface area contributed by atoms with E-state index in [-0.39, 0.29) is 5.16 Å². The molecule has 32 heavy (non-hydrogen) atoms. The summed E-state index contributed by atoms with van der Waals surface area (Å²) in [5, 5.41) is 5.41. The second kappa shape index (κ2) is 11.2. The number of hydrogen-bond acceptors (Lipinski definition) is 9. The Morgan fingerprint density at radius 3 is 1.91 bits per heavy atom. The van der Waals surface area contributed by atoms with E-state index in [1.165, 1.54) is 5.56 Å². The number of rotatable bonds is 6. The van der Waals surface area contributed by atoms with Crippen LogP contribution in [0.3, 0.4) is 0 Å². The van der Waals surface area contributed by atoms with Crippen molar-refractivity contribution in [3.8, 4) is 0 Å². The Kier molecular flexibility index (Phi) is 8.93. The first-order valence-corrected chi connectivity index (χ1v) is 12.2. The lowest BCUT2D eigenvalue weighted by molar-refractivity contribution is 0.588. The van der Waals surface area contributed by atoms with Crippen LogP contribution in [-0.2, 0) is 15.8 Å². The number of aryl methyl sites for hydroxylation is 2. The van der Waals surface area contributed by atoms with Crippen molar-refractivity contribution in [3.05, 3.63) is 59.4 Å². The van der Waals surface area contributed by atoms with E-state index in [0.29, 0.717) is 11.5 Å². The molecule has 2 heterocycles. The highest BCUT2D eigenvalue weighted by Gasteiger charge is 2.14. The number of primary sulfonamides is 1. The van der Waals surface area contributed by atoms with Gasteiger partial charge in [-0.15, -0.1) is 0 Å². The van der Waals surface area contributed by atoms with Gasteiger partial charge in [-0.25, -0.2) is 28.5 Å². The Morgan fingerprint density at radius 1 is 0.844 bits per heavy atom. The Hall–Kier alpha value is -2.76. The van der Waals surface area contributed by atoms with E-state index < -0.39 is 10.0 Å². The minimum atomic E-state index is -3.83. The van der Waals surface area contributed by atoms with Gasteiger partial charge in [-0.3, -0.25) is 0 Å². The Balaban J connectivity index is 0.000000235. The Morgan fingerprint density at radius 2 is 1.38 bits per heavy atom. The van der Waals surface area contributed by atoms with E-state index in [1.807, 2.05) is 38.1 Å². The van der Waals surface area contributed by atoms with Gasteiger partial charge in [-0.1, -0.05) is 42.1 Å². The average molecular weight is 476 g/mol. The third-order valence-electron chi connectivity index (χ3n) is 4.02. The van der Waals surface area contributed by atoms with Gasteiger partial charge < -0.3 is 9.80 Å². The van der Waals surface area contributed by atoms with Crippen LogP contribution in [0.25, 0.3) is 0 Å². The van der Waals surface area contributed by atoms with E-state index >= 15 is 0 Å². The summed E-state index contributed by atoms with van der Waals surface area (Å²) in [7, 11) is 3.67. The summed E-state index contributed by atoms with van der Waals surface area (Å²) in [6.45, 7) is 3.69. The van der Waals surface area contributed by atoms with Gasteiger partial charge in [0.1, 0.15) is 11.6 Å². The van der Waals surface area contributed by atoms with Crippen LogP contribution in [0.1, 0.15) is 17.0 Å². The molecule has 0 aliphatic heterocycles. The molecule has 0 aliphatic carbocycles. The van der Waals surface area contributed by atoms with Crippen LogP contribution in [-0.4, -0.2) is 56.5 Å². The molecule has 0 unspecified atom stereocenters. The van der Waals surface area contributed by atoms with E-state index in [1.54, 1.807) is 43.7 Å². The zero-order chi connectivity index (χ0) is 23.9. The van der Waals surface area contributed by atoms with Gasteiger partial charge in [0.15, 0.2) is 5.16 Å². The van der Waals surface area contributed by atoms with Gasteiger partial charge in [0.2, 0.25) is 0 Å². The Labute approximate surface area is 194 Å². The maximum Gasteiger partial charge on any atom is 0.273 e. The third kappa shape index (κ3) is 8.06. The van der Waals surface area contributed by atoms with Crippen LogP contribution in [0.4, 0.5) is 11.6 Å². The van der Waals surface area contributed by atoms with Crippen molar-refractivity contribution in [2.75, 3.05) is 38.0 Å². The summed E-state index contributed by atoms with van der Waals surface area (Å²) >= 11 is 1.67. The lowest BCUT2D eigenvalue weighted by atomic mass is 10.2. The molecule has 3 rings (SSSR count). The van der Waals surface area contributed by atoms with Crippen LogP contribution in [0.15, 0.2) is 52.8 Å². The first-order valence-electron chi connectivity index (χ1n) is 9.71. The average Bonchev–Trinajstić information content (AvgIpc) is 2.72. The van der Waals surface area contributed by atoms with Gasteiger partial charge >= 0.3 is 0 Å². The molecule has 0 saturated heterocycles. The first kappa shape index (κ1) is 25.5. The highest BCUT2D eigenvalue weighted by atomic mass is 32.2. The molecule has 0 amide bonds. The second-order valence-electron chi connectivity index (χ2n) is 7.41. The number of benzene rings is 1. The number of nitrogens with two attached hydrogens (primary N) is 1. The van der Waals surface area contributed by atoms with E-state index in [0.717, 1.165) is 22.4 Å². The summed E-state index contributed by atoms with van der Waals surface area (Å²) in [4.78, 5) is 20.2. The van der Waals surface area contributed by atoms with Crippen LogP contribution in [0.5, 0.6) is 0 Å². The minimum Gasteiger partial charge on any atom is -0.363 e. The molecule has 3 aromatic rings. The van der Waals surface area contributed by atoms with E-state index in [9.17, 15) is 8.42 Å². The summed E-state index contributed by atoms with van der Waals surface area (Å²) in [5.41, 5.74) is 2.86. The zero-order valence-corrected chi connectivity index (χ0v) is 20.8. The van der Waals surface area contributed by atoms with Crippen molar-refractivity contribution in [1.29, 1.82) is 0 Å². The van der Waals surface area contributed by atoms with Gasteiger partial charge in [-0.05, 0) is 19.4 Å². The van der Waals surface area contributed by atoms with Crippen molar-refractivity contribution in [2.45, 2.75) is 29.9 Å². The fourth-order valence-corrected chi connectivity index (χ4v) is 3.77. The molecule has 9 nitrogen and oxygen atoms in total. The molecule has 1 aromatic carbocycles. The number of nitrogens with zero attached hydrogens (tertiary/aromatic N) is 6. The largest absolute Gasteiger partial charge is 0.363 e. The Bertz CT molecular complexity index is 1140. The van der Waals surface area contributed by atoms with E-state index in [4.69, 9.17) is 5.14 Å². The van der Waals surface area contributed by atoms with Crippen molar-refractivity contribution in [3.63, 3.8) is 0 Å². The number of anilines is 2. The topological polar surface area (TPSA) is 118 Å². The molecular formula is C21H29N7O2S2. The number of thioether (sulfide) groups is 1. The standard InChI is InChI=1S/C14H17N3S.C7H12N4O2S/c1-11-9-13(17(2)3)16-14(15-11)18-10-12-7-5-4-6-8-12;1-5-4-6(11(2)3)10-7(9-5)14(8,12)13/h4-9H,10H2,1-3H3;4H,1-3H3,(H2,8,12,13). The fraction of sp³-hybridized carbons (Fsp3) is 0.333. The summed E-state index contributed by atoms with van der Waals surface area (Å²) < 4.78 is 22.0. The molecule has 0 saturated carbocycles. The van der Waals surface area contributed by atoms with Crippen molar-refractivity contribution >= 4 is 33.4 Å². The molecule has 0 fully saturated rings. The summed E-state index contributed by atoms with van der Waals surface area (Å²) in [5.74, 6) is 2.37. The van der Waals surface area contributed by atoms with Crippen LogP contribution in [0, 0.1) is 13.8 Å². The molecule has 0 bridgehead atoms. The monoisotopic (exact) mass is 475 g/mol. The number of aromatic nitrogens is 4. The highest BCUT2D eigenvalue weighted by molar-refractivity contribution is 7.98. The minimum absolute atomic E-state index is 0.346. The highest BCUT2D eigenvalue weighted by Crippen LogP contribution is 2.21. The van der Waals surface area contributed by atoms with Crippen LogP contribution >= 0.6 is 11.8 Å². The fourth-order valence-electron chi connectivity index (χ4n) is 2.42. The zero-order valence-electron chi connectivity index (χ0n) is 19.1. The van der Waals surface area contributed by atoms with Gasteiger partial charge in [0.05, 0.1) is 0 Å². The molecule has 0 spiro atoms. The normalized spacial score (nSPS) is 10.8. The molecule has 11 heteroatoms. The van der Waals surface area contributed by atoms with Crippen molar-refractivity contribution < 1.29 is 8.42 Å². The molecule has 2 N–H and O–H groups in total. The van der Waals surface area contributed by atoms with E-state index in [2.05, 4.69) is 44.2 Å². The number of hydrogen-bond donors (Lipinski definition) is 1. The lowest BCUT2D eigenvalue weighted by Crippen LogP contribution is -2.19. The van der Waals surface area contributed by atoms with Gasteiger partial charge in [-0.2, -0.15) is 4.98 Å². The maximum absolute atomic E-state index is 11.0. The predicted octanol–water partition coefficient (Wildman–Crippen LogP) is 2.64. The van der Waals surface area contributed by atoms with Crippen LogP contribution in [0.2, 0.25) is 0 Å². The van der Waals surface area contributed by atoms with Crippen LogP contribution < -0.4 is 14.9 Å². The third-order valence-corrected chi connectivity index (χ3v) is 5.63. The number of sulfonamides is 1. The second-order valence-corrected chi connectivity index (χ2v) is 9.81. The smallest absolute Gasteiger partial charge is 0.273 e. The lowest BCUT2D eigenvalue weighted by Gasteiger charge is -2.12. The summed E-state index contributed by atoms with van der Waals surface area (Å²) in [6.07, 6.45) is 0.